The summed E-state index contributed by atoms with van der Waals surface area (Å²) >= 11 is 1.93. The Balaban J connectivity index is 2.35. The van der Waals surface area contributed by atoms with Crippen LogP contribution in [0.25, 0.3) is 0 Å². The van der Waals surface area contributed by atoms with Crippen molar-refractivity contribution in [3.8, 4) is 0 Å². The molecule has 4 heteroatoms. The van der Waals surface area contributed by atoms with Crippen LogP contribution < -0.4 is 11.1 Å². The number of nitrogens with zero attached hydrogens (tertiary/aromatic N) is 1. The Morgan fingerprint density at radius 2 is 2.36 bits per heavy atom. The third kappa shape index (κ3) is 3.40. The SMILES string of the molecule is CCCN=C(N)NC1CCCC1SC. The molecule has 1 aliphatic carbocycles. The highest BCUT2D eigenvalue weighted by Crippen LogP contribution is 2.28. The second-order valence-electron chi connectivity index (χ2n) is 3.72. The van der Waals surface area contributed by atoms with Crippen molar-refractivity contribution in [2.75, 3.05) is 12.8 Å². The highest BCUT2D eigenvalue weighted by Gasteiger charge is 2.26. The first-order valence-corrected chi connectivity index (χ1v) is 6.66. The van der Waals surface area contributed by atoms with E-state index < -0.39 is 0 Å². The number of nitrogens with one attached hydrogen (secondary N) is 1. The van der Waals surface area contributed by atoms with Crippen LogP contribution in [0, 0.1) is 0 Å². The molecule has 0 bridgehead atoms. The van der Waals surface area contributed by atoms with Gasteiger partial charge in [0.05, 0.1) is 0 Å². The number of rotatable bonds is 4. The largest absolute Gasteiger partial charge is 0.370 e. The third-order valence-corrected chi connectivity index (χ3v) is 3.76. The monoisotopic (exact) mass is 215 g/mol. The minimum absolute atomic E-state index is 0.533. The number of nitrogens with two attached hydrogens (primary N) is 1. The van der Waals surface area contributed by atoms with Crippen LogP contribution >= 0.6 is 11.8 Å². The Morgan fingerprint density at radius 3 is 3.00 bits per heavy atom. The topological polar surface area (TPSA) is 50.4 Å². The van der Waals surface area contributed by atoms with Crippen molar-refractivity contribution >= 4 is 17.7 Å². The van der Waals surface area contributed by atoms with Crippen LogP contribution in [0.2, 0.25) is 0 Å². The number of hydrogen-bond donors (Lipinski definition) is 2. The Morgan fingerprint density at radius 1 is 1.57 bits per heavy atom. The molecular formula is C10H21N3S. The van der Waals surface area contributed by atoms with Gasteiger partial charge in [0, 0.05) is 17.8 Å². The number of hydrogen-bond acceptors (Lipinski definition) is 2. The highest BCUT2D eigenvalue weighted by atomic mass is 32.2. The van der Waals surface area contributed by atoms with E-state index in [0.717, 1.165) is 13.0 Å². The minimum Gasteiger partial charge on any atom is -0.370 e. The van der Waals surface area contributed by atoms with Crippen LogP contribution in [0.15, 0.2) is 4.99 Å². The third-order valence-electron chi connectivity index (χ3n) is 2.59. The Labute approximate surface area is 90.9 Å². The lowest BCUT2D eigenvalue weighted by Crippen LogP contribution is -2.43. The molecule has 0 aromatic heterocycles. The predicted molar refractivity (Wildman–Crippen MR) is 64.9 cm³/mol. The van der Waals surface area contributed by atoms with Crippen molar-refractivity contribution in [3.63, 3.8) is 0 Å². The first kappa shape index (κ1) is 11.7. The molecule has 14 heavy (non-hydrogen) atoms. The molecule has 0 aliphatic heterocycles. The molecule has 82 valence electrons. The van der Waals surface area contributed by atoms with E-state index in [4.69, 9.17) is 5.73 Å². The molecule has 1 rings (SSSR count). The van der Waals surface area contributed by atoms with Gasteiger partial charge in [-0.15, -0.1) is 0 Å². The fourth-order valence-electron chi connectivity index (χ4n) is 1.84. The van der Waals surface area contributed by atoms with Gasteiger partial charge in [0.25, 0.3) is 0 Å². The van der Waals surface area contributed by atoms with Crippen molar-refractivity contribution in [1.29, 1.82) is 0 Å². The van der Waals surface area contributed by atoms with E-state index in [0.29, 0.717) is 17.3 Å². The van der Waals surface area contributed by atoms with Crippen LogP contribution in [-0.2, 0) is 0 Å². The smallest absolute Gasteiger partial charge is 0.188 e. The number of thioether (sulfide) groups is 1. The molecule has 0 aromatic rings. The van der Waals surface area contributed by atoms with Crippen molar-refractivity contribution < 1.29 is 0 Å². The van der Waals surface area contributed by atoms with Gasteiger partial charge in [-0.1, -0.05) is 13.3 Å². The lowest BCUT2D eigenvalue weighted by molar-refractivity contribution is 0.636. The van der Waals surface area contributed by atoms with E-state index in [1.807, 2.05) is 11.8 Å². The molecule has 3 nitrogen and oxygen atoms in total. The second-order valence-corrected chi connectivity index (χ2v) is 4.80. The zero-order chi connectivity index (χ0) is 10.4. The van der Waals surface area contributed by atoms with Crippen LogP contribution in [0.3, 0.4) is 0 Å². The summed E-state index contributed by atoms with van der Waals surface area (Å²) in [6, 6.07) is 0.533. The first-order valence-electron chi connectivity index (χ1n) is 5.37. The molecule has 1 saturated carbocycles. The fourth-order valence-corrected chi connectivity index (χ4v) is 2.78. The van der Waals surface area contributed by atoms with Gasteiger partial charge >= 0.3 is 0 Å². The fraction of sp³-hybridized carbons (Fsp3) is 0.900. The van der Waals surface area contributed by atoms with Crippen molar-refractivity contribution in [2.45, 2.75) is 43.9 Å². The van der Waals surface area contributed by atoms with Gasteiger partial charge in [0.1, 0.15) is 0 Å². The van der Waals surface area contributed by atoms with E-state index in [1.165, 1.54) is 19.3 Å². The average Bonchev–Trinajstić information content (AvgIpc) is 2.62. The van der Waals surface area contributed by atoms with Crippen molar-refractivity contribution in [3.05, 3.63) is 0 Å². The highest BCUT2D eigenvalue weighted by molar-refractivity contribution is 7.99. The molecular weight excluding hydrogens is 194 g/mol. The maximum Gasteiger partial charge on any atom is 0.188 e. The molecule has 0 spiro atoms. The summed E-state index contributed by atoms with van der Waals surface area (Å²) in [6.45, 7) is 2.94. The Bertz CT molecular complexity index is 194. The second kappa shape index (κ2) is 6.17. The van der Waals surface area contributed by atoms with Crippen LogP contribution in [-0.4, -0.2) is 30.1 Å². The van der Waals surface area contributed by atoms with E-state index in [1.54, 1.807) is 0 Å². The predicted octanol–water partition coefficient (Wildman–Crippen LogP) is 1.58. The Hall–Kier alpha value is -0.380. The zero-order valence-electron chi connectivity index (χ0n) is 9.12. The van der Waals surface area contributed by atoms with E-state index in [2.05, 4.69) is 23.5 Å². The van der Waals surface area contributed by atoms with Gasteiger partial charge in [-0.2, -0.15) is 11.8 Å². The van der Waals surface area contributed by atoms with Gasteiger partial charge in [0.2, 0.25) is 0 Å². The van der Waals surface area contributed by atoms with Gasteiger partial charge in [-0.05, 0) is 25.5 Å². The van der Waals surface area contributed by atoms with E-state index >= 15 is 0 Å². The van der Waals surface area contributed by atoms with E-state index in [9.17, 15) is 0 Å². The quantitative estimate of drug-likeness (QED) is 0.553. The molecule has 0 amide bonds. The summed E-state index contributed by atoms with van der Waals surface area (Å²) in [5.41, 5.74) is 5.79. The summed E-state index contributed by atoms with van der Waals surface area (Å²) in [5.74, 6) is 0.623. The van der Waals surface area contributed by atoms with Gasteiger partial charge in [0.15, 0.2) is 5.96 Å². The number of guanidine groups is 1. The van der Waals surface area contributed by atoms with Crippen LogP contribution in [0.4, 0.5) is 0 Å². The zero-order valence-corrected chi connectivity index (χ0v) is 9.94. The van der Waals surface area contributed by atoms with Gasteiger partial charge in [-0.3, -0.25) is 4.99 Å². The molecule has 2 unspecified atom stereocenters. The average molecular weight is 215 g/mol. The first-order chi connectivity index (χ1) is 6.77. The normalized spacial score (nSPS) is 28.0. The summed E-state index contributed by atoms with van der Waals surface area (Å²) < 4.78 is 0. The molecule has 3 N–H and O–H groups in total. The number of aliphatic imine (C=N–C) groups is 1. The standard InChI is InChI=1S/C10H21N3S/c1-3-7-12-10(11)13-8-5-4-6-9(8)14-2/h8-9H,3-7H2,1-2H3,(H3,11,12,13). The molecule has 2 atom stereocenters. The maximum atomic E-state index is 5.79. The molecule has 0 heterocycles. The molecule has 0 saturated heterocycles. The lowest BCUT2D eigenvalue weighted by atomic mass is 10.2. The molecule has 1 fully saturated rings. The summed E-state index contributed by atoms with van der Waals surface area (Å²) in [5, 5.41) is 4.03. The molecule has 1 aliphatic rings. The van der Waals surface area contributed by atoms with Gasteiger partial charge in [-0.25, -0.2) is 0 Å². The lowest BCUT2D eigenvalue weighted by Gasteiger charge is -2.19. The Kier molecular flexibility index (Phi) is 5.15. The van der Waals surface area contributed by atoms with Crippen LogP contribution in [0.1, 0.15) is 32.6 Å². The van der Waals surface area contributed by atoms with Crippen LogP contribution in [0.5, 0.6) is 0 Å². The molecule has 0 radical (unpaired) electrons. The van der Waals surface area contributed by atoms with Crippen molar-refractivity contribution in [1.82, 2.24) is 5.32 Å². The summed E-state index contributed by atoms with van der Waals surface area (Å²) in [7, 11) is 0. The summed E-state index contributed by atoms with van der Waals surface area (Å²) in [6.07, 6.45) is 7.07. The minimum atomic E-state index is 0.533. The maximum absolute atomic E-state index is 5.79. The van der Waals surface area contributed by atoms with Gasteiger partial charge < -0.3 is 11.1 Å². The molecule has 0 aromatic carbocycles. The van der Waals surface area contributed by atoms with E-state index in [-0.39, 0.29) is 0 Å². The summed E-state index contributed by atoms with van der Waals surface area (Å²) in [4.78, 5) is 4.25. The van der Waals surface area contributed by atoms with Crippen molar-refractivity contribution in [2.24, 2.45) is 10.7 Å².